The highest BCUT2D eigenvalue weighted by Gasteiger charge is 2.23. The van der Waals surface area contributed by atoms with Gasteiger partial charge in [-0.3, -0.25) is 10.1 Å². The standard InChI is InChI=1S/C15H18N4O4/c1-10-14(19(20)21)15(18(2)17-10)16-9-11-4-5-12-13(8-11)23-7-3-6-22-12/h4-5,8,16H,3,6-7,9H2,1-2H3. The lowest BCUT2D eigenvalue weighted by Gasteiger charge is -2.10. The Kier molecular flexibility index (Phi) is 4.05. The summed E-state index contributed by atoms with van der Waals surface area (Å²) < 4.78 is 12.7. The molecule has 2 aromatic rings. The molecule has 0 amide bonds. The van der Waals surface area contributed by atoms with Gasteiger partial charge in [-0.25, -0.2) is 4.68 Å². The molecule has 0 aliphatic carbocycles. The predicted molar refractivity (Wildman–Crippen MR) is 84.0 cm³/mol. The van der Waals surface area contributed by atoms with E-state index < -0.39 is 4.92 Å². The Morgan fingerprint density at radius 2 is 2.09 bits per heavy atom. The van der Waals surface area contributed by atoms with E-state index in [1.165, 1.54) is 4.68 Å². The van der Waals surface area contributed by atoms with Gasteiger partial charge in [0, 0.05) is 20.0 Å². The van der Waals surface area contributed by atoms with Crippen LogP contribution in [0.4, 0.5) is 11.5 Å². The fraction of sp³-hybridized carbons (Fsp3) is 0.400. The first-order valence-electron chi connectivity index (χ1n) is 7.36. The van der Waals surface area contributed by atoms with Crippen LogP contribution in [0.1, 0.15) is 17.7 Å². The van der Waals surface area contributed by atoms with Crippen LogP contribution in [0, 0.1) is 17.0 Å². The number of hydrogen-bond acceptors (Lipinski definition) is 6. The average Bonchev–Trinajstić information content (AvgIpc) is 2.68. The number of aromatic nitrogens is 2. The van der Waals surface area contributed by atoms with Crippen molar-refractivity contribution in [3.05, 3.63) is 39.6 Å². The van der Waals surface area contributed by atoms with Crippen molar-refractivity contribution in [2.45, 2.75) is 19.9 Å². The Morgan fingerprint density at radius 3 is 2.83 bits per heavy atom. The van der Waals surface area contributed by atoms with Crippen LogP contribution in [0.3, 0.4) is 0 Å². The molecule has 23 heavy (non-hydrogen) atoms. The predicted octanol–water partition coefficient (Wildman–Crippen LogP) is 2.41. The van der Waals surface area contributed by atoms with Gasteiger partial charge in [-0.2, -0.15) is 5.10 Å². The van der Waals surface area contributed by atoms with Crippen LogP contribution >= 0.6 is 0 Å². The number of nitro groups is 1. The molecule has 1 aromatic heterocycles. The number of hydrogen-bond donors (Lipinski definition) is 1. The van der Waals surface area contributed by atoms with Gasteiger partial charge in [0.25, 0.3) is 0 Å². The van der Waals surface area contributed by atoms with Crippen LogP contribution in [0.15, 0.2) is 18.2 Å². The molecule has 1 aliphatic rings. The van der Waals surface area contributed by atoms with E-state index in [-0.39, 0.29) is 5.69 Å². The van der Waals surface area contributed by atoms with E-state index in [1.54, 1.807) is 14.0 Å². The van der Waals surface area contributed by atoms with E-state index in [4.69, 9.17) is 9.47 Å². The molecule has 3 rings (SSSR count). The van der Waals surface area contributed by atoms with E-state index in [0.29, 0.717) is 37.0 Å². The summed E-state index contributed by atoms with van der Waals surface area (Å²) in [6.45, 7) is 3.31. The quantitative estimate of drug-likeness (QED) is 0.687. The average molecular weight is 318 g/mol. The van der Waals surface area contributed by atoms with Crippen LogP contribution in [-0.4, -0.2) is 27.9 Å². The van der Waals surface area contributed by atoms with Crippen molar-refractivity contribution in [3.63, 3.8) is 0 Å². The lowest BCUT2D eigenvalue weighted by molar-refractivity contribution is -0.384. The molecule has 0 bridgehead atoms. The highest BCUT2D eigenvalue weighted by atomic mass is 16.6. The van der Waals surface area contributed by atoms with Crippen molar-refractivity contribution < 1.29 is 14.4 Å². The van der Waals surface area contributed by atoms with Crippen molar-refractivity contribution in [1.82, 2.24) is 9.78 Å². The number of aryl methyl sites for hydroxylation is 2. The fourth-order valence-corrected chi connectivity index (χ4v) is 2.57. The number of benzene rings is 1. The third kappa shape index (κ3) is 3.05. The smallest absolute Gasteiger partial charge is 0.333 e. The Hall–Kier alpha value is -2.77. The number of nitrogens with zero attached hydrogens (tertiary/aromatic N) is 3. The highest BCUT2D eigenvalue weighted by molar-refractivity contribution is 5.59. The maximum atomic E-state index is 11.2. The van der Waals surface area contributed by atoms with Gasteiger partial charge in [-0.15, -0.1) is 0 Å². The second-order valence-corrected chi connectivity index (χ2v) is 5.35. The monoisotopic (exact) mass is 318 g/mol. The summed E-state index contributed by atoms with van der Waals surface area (Å²) in [6.07, 6.45) is 0.850. The van der Waals surface area contributed by atoms with Crippen LogP contribution in [0.25, 0.3) is 0 Å². The second-order valence-electron chi connectivity index (χ2n) is 5.35. The molecular weight excluding hydrogens is 300 g/mol. The van der Waals surface area contributed by atoms with Gasteiger partial charge in [-0.05, 0) is 24.6 Å². The zero-order chi connectivity index (χ0) is 16.4. The lowest BCUT2D eigenvalue weighted by Crippen LogP contribution is -2.06. The maximum Gasteiger partial charge on any atom is 0.333 e. The van der Waals surface area contributed by atoms with Gasteiger partial charge in [0.1, 0.15) is 5.69 Å². The third-order valence-electron chi connectivity index (χ3n) is 3.65. The molecule has 1 aromatic carbocycles. The van der Waals surface area contributed by atoms with Gasteiger partial charge >= 0.3 is 5.69 Å². The normalized spacial score (nSPS) is 13.5. The summed E-state index contributed by atoms with van der Waals surface area (Å²) in [6, 6.07) is 5.67. The summed E-state index contributed by atoms with van der Waals surface area (Å²) in [7, 11) is 1.68. The van der Waals surface area contributed by atoms with Gasteiger partial charge in [-0.1, -0.05) is 6.07 Å². The van der Waals surface area contributed by atoms with E-state index in [2.05, 4.69) is 10.4 Å². The molecule has 0 unspecified atom stereocenters. The molecule has 1 aliphatic heterocycles. The number of ether oxygens (including phenoxy) is 2. The topological polar surface area (TPSA) is 91.5 Å². The Labute approximate surface area is 133 Å². The summed E-state index contributed by atoms with van der Waals surface area (Å²) in [4.78, 5) is 10.8. The summed E-state index contributed by atoms with van der Waals surface area (Å²) in [5.41, 5.74) is 1.34. The zero-order valence-electron chi connectivity index (χ0n) is 13.0. The van der Waals surface area contributed by atoms with Crippen molar-refractivity contribution in [2.75, 3.05) is 18.5 Å². The van der Waals surface area contributed by atoms with Gasteiger partial charge in [0.05, 0.1) is 18.1 Å². The fourth-order valence-electron chi connectivity index (χ4n) is 2.57. The van der Waals surface area contributed by atoms with Crippen LogP contribution < -0.4 is 14.8 Å². The molecule has 1 N–H and O–H groups in total. The summed E-state index contributed by atoms with van der Waals surface area (Å²) >= 11 is 0. The van der Waals surface area contributed by atoms with Crippen LogP contribution in [-0.2, 0) is 13.6 Å². The van der Waals surface area contributed by atoms with E-state index in [9.17, 15) is 10.1 Å². The van der Waals surface area contributed by atoms with Gasteiger partial charge in [0.2, 0.25) is 5.82 Å². The van der Waals surface area contributed by atoms with E-state index in [0.717, 1.165) is 17.7 Å². The molecule has 0 radical (unpaired) electrons. The van der Waals surface area contributed by atoms with Crippen molar-refractivity contribution in [3.8, 4) is 11.5 Å². The Morgan fingerprint density at radius 1 is 1.35 bits per heavy atom. The first kappa shape index (κ1) is 15.1. The number of anilines is 1. The molecular formula is C15H18N4O4. The van der Waals surface area contributed by atoms with Crippen LogP contribution in [0.2, 0.25) is 0 Å². The zero-order valence-corrected chi connectivity index (χ0v) is 13.0. The van der Waals surface area contributed by atoms with E-state index in [1.807, 2.05) is 18.2 Å². The number of rotatable bonds is 4. The van der Waals surface area contributed by atoms with Crippen molar-refractivity contribution in [2.24, 2.45) is 7.05 Å². The summed E-state index contributed by atoms with van der Waals surface area (Å²) in [5.74, 6) is 1.82. The molecule has 8 nitrogen and oxygen atoms in total. The Bertz CT molecular complexity index is 741. The molecule has 2 heterocycles. The Balaban J connectivity index is 1.79. The number of nitrogens with one attached hydrogen (secondary N) is 1. The van der Waals surface area contributed by atoms with Crippen LogP contribution in [0.5, 0.6) is 11.5 Å². The van der Waals surface area contributed by atoms with E-state index >= 15 is 0 Å². The SMILES string of the molecule is Cc1nn(C)c(NCc2ccc3c(c2)OCCCO3)c1[N+](=O)[O-]. The molecule has 0 saturated carbocycles. The summed E-state index contributed by atoms with van der Waals surface area (Å²) in [5, 5.41) is 18.4. The van der Waals surface area contributed by atoms with Crippen molar-refractivity contribution >= 4 is 11.5 Å². The first-order chi connectivity index (χ1) is 11.1. The highest BCUT2D eigenvalue weighted by Crippen LogP contribution is 2.31. The maximum absolute atomic E-state index is 11.2. The molecule has 0 atom stereocenters. The largest absolute Gasteiger partial charge is 0.490 e. The molecule has 0 saturated heterocycles. The molecule has 0 spiro atoms. The second kappa shape index (κ2) is 6.15. The minimum atomic E-state index is -0.418. The minimum Gasteiger partial charge on any atom is -0.490 e. The molecule has 8 heteroatoms. The molecule has 122 valence electrons. The first-order valence-corrected chi connectivity index (χ1v) is 7.36. The lowest BCUT2D eigenvalue weighted by atomic mass is 10.2. The van der Waals surface area contributed by atoms with Crippen molar-refractivity contribution in [1.29, 1.82) is 0 Å². The minimum absolute atomic E-state index is 0.00171. The molecule has 0 fully saturated rings. The third-order valence-corrected chi connectivity index (χ3v) is 3.65. The van der Waals surface area contributed by atoms with Gasteiger partial charge < -0.3 is 14.8 Å². The van der Waals surface area contributed by atoms with Gasteiger partial charge in [0.15, 0.2) is 11.5 Å². The number of fused-ring (bicyclic) bond motifs is 1.